The van der Waals surface area contributed by atoms with Crippen LogP contribution in [-0.2, 0) is 14.3 Å². The first-order chi connectivity index (χ1) is 10.6. The highest BCUT2D eigenvalue weighted by atomic mass is 35.5. The first-order valence-electron chi connectivity index (χ1n) is 7.28. The minimum atomic E-state index is -0.454. The van der Waals surface area contributed by atoms with Gasteiger partial charge in [-0.2, -0.15) is 0 Å². The van der Waals surface area contributed by atoms with E-state index >= 15 is 0 Å². The SMILES string of the molecule is O=C(/C=C/c1ccc(Cl)c(Cl)c1)N1CCC2(CC1)OCCO2. The van der Waals surface area contributed by atoms with Gasteiger partial charge in [0.1, 0.15) is 0 Å². The van der Waals surface area contributed by atoms with Gasteiger partial charge in [0.05, 0.1) is 23.3 Å². The van der Waals surface area contributed by atoms with Gasteiger partial charge in [-0.1, -0.05) is 29.3 Å². The van der Waals surface area contributed by atoms with Crippen molar-refractivity contribution in [2.24, 2.45) is 0 Å². The molecule has 1 aromatic rings. The Hall–Kier alpha value is -1.07. The molecule has 3 rings (SSSR count). The smallest absolute Gasteiger partial charge is 0.246 e. The summed E-state index contributed by atoms with van der Waals surface area (Å²) in [5.74, 6) is -0.469. The molecule has 118 valence electrons. The van der Waals surface area contributed by atoms with Crippen LogP contribution in [0.3, 0.4) is 0 Å². The Morgan fingerprint density at radius 1 is 1.14 bits per heavy atom. The quantitative estimate of drug-likeness (QED) is 0.774. The predicted molar refractivity (Wildman–Crippen MR) is 85.9 cm³/mol. The van der Waals surface area contributed by atoms with Crippen molar-refractivity contribution in [2.75, 3.05) is 26.3 Å². The molecule has 2 saturated heterocycles. The van der Waals surface area contributed by atoms with Crippen LogP contribution in [0.4, 0.5) is 0 Å². The van der Waals surface area contributed by atoms with Crippen LogP contribution in [0.1, 0.15) is 18.4 Å². The summed E-state index contributed by atoms with van der Waals surface area (Å²) in [6, 6.07) is 5.27. The van der Waals surface area contributed by atoms with Gasteiger partial charge in [0.2, 0.25) is 5.91 Å². The van der Waals surface area contributed by atoms with Gasteiger partial charge in [-0.3, -0.25) is 4.79 Å². The van der Waals surface area contributed by atoms with Crippen molar-refractivity contribution >= 4 is 35.2 Å². The number of ether oxygens (including phenoxy) is 2. The summed E-state index contributed by atoms with van der Waals surface area (Å²) in [5, 5.41) is 0.981. The second kappa shape index (κ2) is 6.59. The average molecular weight is 342 g/mol. The van der Waals surface area contributed by atoms with Crippen molar-refractivity contribution in [3.63, 3.8) is 0 Å². The van der Waals surface area contributed by atoms with E-state index in [4.69, 9.17) is 32.7 Å². The summed E-state index contributed by atoms with van der Waals surface area (Å²) in [7, 11) is 0. The van der Waals surface area contributed by atoms with Crippen LogP contribution in [0.25, 0.3) is 6.08 Å². The number of amides is 1. The highest BCUT2D eigenvalue weighted by Crippen LogP contribution is 2.31. The van der Waals surface area contributed by atoms with Gasteiger partial charge in [0, 0.05) is 32.0 Å². The van der Waals surface area contributed by atoms with Gasteiger partial charge >= 0.3 is 0 Å². The summed E-state index contributed by atoms with van der Waals surface area (Å²) in [6.45, 7) is 2.57. The zero-order valence-electron chi connectivity index (χ0n) is 12.1. The number of halogens is 2. The lowest BCUT2D eigenvalue weighted by Crippen LogP contribution is -2.46. The predicted octanol–water partition coefficient (Wildman–Crippen LogP) is 3.37. The Morgan fingerprint density at radius 2 is 1.82 bits per heavy atom. The highest BCUT2D eigenvalue weighted by molar-refractivity contribution is 6.42. The van der Waals surface area contributed by atoms with Crippen molar-refractivity contribution in [2.45, 2.75) is 18.6 Å². The molecule has 2 aliphatic heterocycles. The number of hydrogen-bond acceptors (Lipinski definition) is 3. The van der Waals surface area contributed by atoms with E-state index in [1.54, 1.807) is 24.3 Å². The second-order valence-corrected chi connectivity index (χ2v) is 6.25. The molecule has 2 aliphatic rings. The Labute approximate surface area is 139 Å². The Balaban J connectivity index is 1.58. The third kappa shape index (κ3) is 3.46. The van der Waals surface area contributed by atoms with E-state index in [2.05, 4.69) is 0 Å². The second-order valence-electron chi connectivity index (χ2n) is 5.44. The van der Waals surface area contributed by atoms with Crippen molar-refractivity contribution in [3.05, 3.63) is 39.9 Å². The highest BCUT2D eigenvalue weighted by Gasteiger charge is 2.40. The standard InChI is InChI=1S/C16H17Cl2NO3/c17-13-3-1-12(11-14(13)18)2-4-15(20)19-7-5-16(6-8-19)21-9-10-22-16/h1-4,11H,5-10H2/b4-2+. The van der Waals surface area contributed by atoms with Crippen molar-refractivity contribution < 1.29 is 14.3 Å². The number of carbonyl (C=O) groups is 1. The number of hydrogen-bond donors (Lipinski definition) is 0. The van der Waals surface area contributed by atoms with Gasteiger partial charge < -0.3 is 14.4 Å². The molecule has 6 heteroatoms. The van der Waals surface area contributed by atoms with Gasteiger partial charge in [-0.05, 0) is 23.8 Å². The van der Waals surface area contributed by atoms with E-state index in [0.29, 0.717) is 36.3 Å². The van der Waals surface area contributed by atoms with Crippen LogP contribution in [0.15, 0.2) is 24.3 Å². The molecular formula is C16H17Cl2NO3. The zero-order valence-corrected chi connectivity index (χ0v) is 13.6. The summed E-state index contributed by atoms with van der Waals surface area (Å²) >= 11 is 11.8. The van der Waals surface area contributed by atoms with Crippen LogP contribution in [0, 0.1) is 0 Å². The number of nitrogens with zero attached hydrogens (tertiary/aromatic N) is 1. The maximum Gasteiger partial charge on any atom is 0.246 e. The number of piperidine rings is 1. The number of benzene rings is 1. The minimum absolute atomic E-state index is 0.0149. The molecule has 4 nitrogen and oxygen atoms in total. The first kappa shape index (κ1) is 15.8. The summed E-state index contributed by atoms with van der Waals surface area (Å²) in [4.78, 5) is 14.0. The molecule has 0 saturated carbocycles. The summed E-state index contributed by atoms with van der Waals surface area (Å²) < 4.78 is 11.3. The summed E-state index contributed by atoms with van der Waals surface area (Å²) in [6.07, 6.45) is 4.75. The zero-order chi connectivity index (χ0) is 15.6. The van der Waals surface area contributed by atoms with E-state index in [-0.39, 0.29) is 5.91 Å². The van der Waals surface area contributed by atoms with E-state index in [1.165, 1.54) is 0 Å². The van der Waals surface area contributed by atoms with Crippen LogP contribution in [-0.4, -0.2) is 42.9 Å². The molecule has 0 unspecified atom stereocenters. The summed E-state index contributed by atoms with van der Waals surface area (Å²) in [5.41, 5.74) is 0.846. The maximum atomic E-state index is 12.2. The first-order valence-corrected chi connectivity index (χ1v) is 8.04. The lowest BCUT2D eigenvalue weighted by Gasteiger charge is -2.37. The molecule has 0 atom stereocenters. The Morgan fingerprint density at radius 3 is 2.45 bits per heavy atom. The van der Waals surface area contributed by atoms with Gasteiger partial charge in [0.25, 0.3) is 0 Å². The molecule has 0 N–H and O–H groups in total. The number of likely N-dealkylation sites (tertiary alicyclic amines) is 1. The van der Waals surface area contributed by atoms with E-state index in [1.807, 2.05) is 11.0 Å². The van der Waals surface area contributed by atoms with Gasteiger partial charge in [0.15, 0.2) is 5.79 Å². The largest absolute Gasteiger partial charge is 0.347 e. The fourth-order valence-corrected chi connectivity index (χ4v) is 3.05. The minimum Gasteiger partial charge on any atom is -0.347 e. The van der Waals surface area contributed by atoms with Gasteiger partial charge in [-0.15, -0.1) is 0 Å². The molecule has 0 aliphatic carbocycles. The lowest BCUT2D eigenvalue weighted by atomic mass is 10.0. The number of carbonyl (C=O) groups excluding carboxylic acids is 1. The molecular weight excluding hydrogens is 325 g/mol. The Kier molecular flexibility index (Phi) is 4.73. The molecule has 0 bridgehead atoms. The average Bonchev–Trinajstić information content (AvgIpc) is 2.97. The van der Waals surface area contributed by atoms with Crippen molar-refractivity contribution in [1.29, 1.82) is 0 Å². The van der Waals surface area contributed by atoms with Gasteiger partial charge in [-0.25, -0.2) is 0 Å². The molecule has 0 aromatic heterocycles. The Bertz CT molecular complexity index is 587. The van der Waals surface area contributed by atoms with Crippen LogP contribution < -0.4 is 0 Å². The molecule has 22 heavy (non-hydrogen) atoms. The molecule has 0 radical (unpaired) electrons. The molecule has 1 aromatic carbocycles. The van der Waals surface area contributed by atoms with Crippen LogP contribution in [0.5, 0.6) is 0 Å². The van der Waals surface area contributed by atoms with Crippen LogP contribution >= 0.6 is 23.2 Å². The van der Waals surface area contributed by atoms with Crippen LogP contribution in [0.2, 0.25) is 10.0 Å². The molecule has 1 spiro atoms. The van der Waals surface area contributed by atoms with E-state index < -0.39 is 5.79 Å². The lowest BCUT2D eigenvalue weighted by molar-refractivity contribution is -0.186. The fraction of sp³-hybridized carbons (Fsp3) is 0.438. The van der Waals surface area contributed by atoms with E-state index in [9.17, 15) is 4.79 Å². The maximum absolute atomic E-state index is 12.2. The van der Waals surface area contributed by atoms with Crippen molar-refractivity contribution in [3.8, 4) is 0 Å². The third-order valence-corrected chi connectivity index (χ3v) is 4.75. The monoisotopic (exact) mass is 341 g/mol. The number of rotatable bonds is 2. The normalized spacial score (nSPS) is 20.9. The van der Waals surface area contributed by atoms with Crippen molar-refractivity contribution in [1.82, 2.24) is 4.90 Å². The molecule has 2 heterocycles. The topological polar surface area (TPSA) is 38.8 Å². The fourth-order valence-electron chi connectivity index (χ4n) is 2.74. The molecule has 1 amide bonds. The van der Waals surface area contributed by atoms with E-state index in [0.717, 1.165) is 18.4 Å². The third-order valence-electron chi connectivity index (χ3n) is 4.01. The molecule has 2 fully saturated rings.